The molecule has 2 N–H and O–H groups in total. The zero-order valence-corrected chi connectivity index (χ0v) is 18.9. The van der Waals surface area contributed by atoms with Crippen LogP contribution in [0.25, 0.3) is 0 Å². The monoisotopic (exact) mass is 432 g/mol. The predicted octanol–water partition coefficient (Wildman–Crippen LogP) is 5.86. The Labute approximate surface area is 181 Å². The third kappa shape index (κ3) is 5.93. The minimum Gasteiger partial charge on any atom is -0.481 e. The van der Waals surface area contributed by atoms with E-state index in [9.17, 15) is 4.79 Å². The highest BCUT2D eigenvalue weighted by Crippen LogP contribution is 2.34. The molecule has 0 radical (unpaired) electrons. The van der Waals surface area contributed by atoms with E-state index in [-0.39, 0.29) is 12.1 Å². The second-order valence-corrected chi connectivity index (χ2v) is 9.59. The number of anilines is 1. The van der Waals surface area contributed by atoms with Gasteiger partial charge in [-0.05, 0) is 56.3 Å². The van der Waals surface area contributed by atoms with E-state index in [1.807, 2.05) is 50.4 Å². The van der Waals surface area contributed by atoms with Crippen molar-refractivity contribution in [3.8, 4) is 5.75 Å². The van der Waals surface area contributed by atoms with Crippen LogP contribution >= 0.6 is 23.6 Å². The van der Waals surface area contributed by atoms with Crippen molar-refractivity contribution in [3.05, 3.63) is 46.2 Å². The maximum Gasteiger partial charge on any atom is 0.408 e. The lowest BCUT2D eigenvalue weighted by Crippen LogP contribution is -2.37. The highest BCUT2D eigenvalue weighted by atomic mass is 32.1. The van der Waals surface area contributed by atoms with E-state index in [1.54, 1.807) is 11.3 Å². The molecule has 2 aromatic rings. The van der Waals surface area contributed by atoms with Crippen LogP contribution in [0.4, 0.5) is 10.5 Å². The van der Waals surface area contributed by atoms with Crippen LogP contribution in [-0.2, 0) is 11.2 Å². The van der Waals surface area contributed by atoms with E-state index in [4.69, 9.17) is 21.7 Å². The largest absolute Gasteiger partial charge is 0.481 e. The molecule has 156 valence electrons. The van der Waals surface area contributed by atoms with E-state index in [2.05, 4.69) is 23.6 Å². The Morgan fingerprint density at radius 1 is 1.38 bits per heavy atom. The lowest BCUT2D eigenvalue weighted by atomic mass is 10.0. The van der Waals surface area contributed by atoms with Crippen molar-refractivity contribution < 1.29 is 14.3 Å². The van der Waals surface area contributed by atoms with Gasteiger partial charge in [-0.1, -0.05) is 37.7 Å². The molecule has 2 heterocycles. The fourth-order valence-electron chi connectivity index (χ4n) is 3.17. The average molecular weight is 433 g/mol. The molecule has 2 unspecified atom stereocenters. The highest BCUT2D eigenvalue weighted by molar-refractivity contribution is 7.80. The van der Waals surface area contributed by atoms with Crippen molar-refractivity contribution in [1.29, 1.82) is 0 Å². The van der Waals surface area contributed by atoms with Gasteiger partial charge in [-0.2, -0.15) is 0 Å². The normalized spacial score (nSPS) is 17.0. The maximum absolute atomic E-state index is 12.4. The number of carbonyl (C=O) groups excluding carboxylic acids is 1. The molecule has 1 amide bonds. The molecule has 1 aliphatic heterocycles. The molecule has 0 saturated heterocycles. The number of nitrogens with one attached hydrogen (secondary N) is 2. The zero-order valence-electron chi connectivity index (χ0n) is 17.3. The van der Waals surface area contributed by atoms with Crippen LogP contribution in [0.3, 0.4) is 0 Å². The number of thiocarbonyl (C=S) groups is 1. The highest BCUT2D eigenvalue weighted by Gasteiger charge is 2.26. The fourth-order valence-corrected chi connectivity index (χ4v) is 4.20. The van der Waals surface area contributed by atoms with Gasteiger partial charge in [-0.15, -0.1) is 11.3 Å². The number of hydrogen-bond donors (Lipinski definition) is 2. The zero-order chi connectivity index (χ0) is 21.0. The van der Waals surface area contributed by atoms with Crippen LogP contribution in [0.15, 0.2) is 35.7 Å². The molecule has 2 atom stereocenters. The number of benzene rings is 1. The van der Waals surface area contributed by atoms with Crippen molar-refractivity contribution in [2.24, 2.45) is 0 Å². The summed E-state index contributed by atoms with van der Waals surface area (Å²) >= 11 is 7.14. The first-order chi connectivity index (χ1) is 13.7. The lowest BCUT2D eigenvalue weighted by Gasteiger charge is -2.29. The second-order valence-electron chi connectivity index (χ2n) is 8.12. The van der Waals surface area contributed by atoms with Crippen LogP contribution in [-0.4, -0.2) is 22.8 Å². The van der Waals surface area contributed by atoms with Gasteiger partial charge < -0.3 is 20.1 Å². The van der Waals surface area contributed by atoms with E-state index in [0.717, 1.165) is 29.8 Å². The van der Waals surface area contributed by atoms with E-state index in [1.165, 1.54) is 4.88 Å². The summed E-state index contributed by atoms with van der Waals surface area (Å²) < 4.78 is 11.5. The number of ether oxygens (including phenoxy) is 2. The van der Waals surface area contributed by atoms with Gasteiger partial charge in [0, 0.05) is 11.3 Å². The van der Waals surface area contributed by atoms with Crippen molar-refractivity contribution >= 4 is 40.3 Å². The first-order valence-corrected chi connectivity index (χ1v) is 11.2. The van der Waals surface area contributed by atoms with Gasteiger partial charge in [0.05, 0.1) is 11.7 Å². The molecule has 0 saturated carbocycles. The summed E-state index contributed by atoms with van der Waals surface area (Å²) in [5, 5.41) is 8.36. The van der Waals surface area contributed by atoms with Crippen LogP contribution in [0.1, 0.15) is 57.0 Å². The van der Waals surface area contributed by atoms with Crippen molar-refractivity contribution in [3.63, 3.8) is 0 Å². The summed E-state index contributed by atoms with van der Waals surface area (Å²) in [5.74, 6) is 0.785. The number of amides is 1. The quantitative estimate of drug-likeness (QED) is 0.560. The molecule has 29 heavy (non-hydrogen) atoms. The first-order valence-electron chi connectivity index (χ1n) is 9.88. The number of rotatable bonds is 6. The molecular weight excluding hydrogens is 404 g/mol. The summed E-state index contributed by atoms with van der Waals surface area (Å²) in [6.45, 7) is 7.68. The Balaban J connectivity index is 1.83. The van der Waals surface area contributed by atoms with Crippen molar-refractivity contribution in [1.82, 2.24) is 5.32 Å². The minimum atomic E-state index is -0.552. The molecule has 5 nitrogen and oxygen atoms in total. The molecule has 0 spiro atoms. The van der Waals surface area contributed by atoms with Gasteiger partial charge >= 0.3 is 6.09 Å². The third-order valence-electron chi connectivity index (χ3n) is 4.45. The number of hydrogen-bond acceptors (Lipinski definition) is 5. The van der Waals surface area contributed by atoms with Crippen LogP contribution < -0.4 is 15.4 Å². The van der Waals surface area contributed by atoms with Gasteiger partial charge in [-0.25, -0.2) is 4.79 Å². The standard InChI is InChI=1S/C22H28N2O3S2/c1-5-7-19-20(28)23-17-12-14(9-10-18(17)26-19)16(13-15-8-6-11-29-15)24-21(25)27-22(2,3)4/h6,8-12,16,19H,5,7,13H2,1-4H3,(H,23,28)(H,24,25). The van der Waals surface area contributed by atoms with Gasteiger partial charge in [-0.3, -0.25) is 0 Å². The molecule has 1 aromatic heterocycles. The van der Waals surface area contributed by atoms with Crippen LogP contribution in [0, 0.1) is 0 Å². The number of thiophene rings is 1. The molecular formula is C22H28N2O3S2. The Bertz CT molecular complexity index is 859. The van der Waals surface area contributed by atoms with Gasteiger partial charge in [0.25, 0.3) is 0 Å². The summed E-state index contributed by atoms with van der Waals surface area (Å²) in [6.07, 6.45) is 2.05. The van der Waals surface area contributed by atoms with Gasteiger partial charge in [0.15, 0.2) is 0 Å². The SMILES string of the molecule is CCCC1Oc2ccc(C(Cc3cccs3)NC(=O)OC(C)(C)C)cc2NC1=S. The Morgan fingerprint density at radius 2 is 2.17 bits per heavy atom. The molecule has 0 bridgehead atoms. The topological polar surface area (TPSA) is 59.6 Å². The van der Waals surface area contributed by atoms with Crippen LogP contribution in [0.5, 0.6) is 5.75 Å². The summed E-state index contributed by atoms with van der Waals surface area (Å²) in [6, 6.07) is 9.79. The Kier molecular flexibility index (Phi) is 6.80. The third-order valence-corrected chi connectivity index (χ3v) is 5.72. The summed E-state index contributed by atoms with van der Waals surface area (Å²) in [5.41, 5.74) is 1.25. The van der Waals surface area contributed by atoms with E-state index in [0.29, 0.717) is 11.4 Å². The van der Waals surface area contributed by atoms with Crippen molar-refractivity contribution in [2.45, 2.75) is 64.7 Å². The van der Waals surface area contributed by atoms with E-state index < -0.39 is 11.7 Å². The number of carbonyl (C=O) groups is 1. The molecule has 0 fully saturated rings. The molecule has 7 heteroatoms. The molecule has 3 rings (SSSR count). The maximum atomic E-state index is 12.4. The number of fused-ring (bicyclic) bond motifs is 1. The smallest absolute Gasteiger partial charge is 0.408 e. The Hall–Kier alpha value is -2.12. The molecule has 1 aliphatic rings. The lowest BCUT2D eigenvalue weighted by molar-refractivity contribution is 0.0503. The van der Waals surface area contributed by atoms with Gasteiger partial charge in [0.2, 0.25) is 0 Å². The average Bonchev–Trinajstić information content (AvgIpc) is 3.13. The fraction of sp³-hybridized carbons (Fsp3) is 0.455. The second kappa shape index (κ2) is 9.13. The summed E-state index contributed by atoms with van der Waals surface area (Å²) in [4.78, 5) is 14.3. The van der Waals surface area contributed by atoms with E-state index >= 15 is 0 Å². The van der Waals surface area contributed by atoms with Gasteiger partial charge in [0.1, 0.15) is 22.4 Å². The Morgan fingerprint density at radius 3 is 2.83 bits per heavy atom. The minimum absolute atomic E-state index is 0.0878. The molecule has 0 aliphatic carbocycles. The molecule has 1 aromatic carbocycles. The van der Waals surface area contributed by atoms with Crippen molar-refractivity contribution in [2.75, 3.05) is 5.32 Å². The predicted molar refractivity (Wildman–Crippen MR) is 122 cm³/mol. The number of alkyl carbamates (subject to hydrolysis) is 1. The van der Waals surface area contributed by atoms with Crippen LogP contribution in [0.2, 0.25) is 0 Å². The first kappa shape index (κ1) is 21.6. The summed E-state index contributed by atoms with van der Waals surface area (Å²) in [7, 11) is 0.